The van der Waals surface area contributed by atoms with Crippen LogP contribution in [0.25, 0.3) is 0 Å². The molecule has 1 rings (SSSR count). The molecule has 0 unspecified atom stereocenters. The Labute approximate surface area is 83.8 Å². The van der Waals surface area contributed by atoms with E-state index < -0.39 is 5.97 Å². The molecule has 0 aromatic heterocycles. The summed E-state index contributed by atoms with van der Waals surface area (Å²) in [5, 5.41) is 8.54. The Kier molecular flexibility index (Phi) is 3.27. The number of aliphatic carboxylic acids is 1. The summed E-state index contributed by atoms with van der Waals surface area (Å²) in [5.74, 6) is 4.37. The zero-order chi connectivity index (χ0) is 9.84. The summed E-state index contributed by atoms with van der Waals surface area (Å²) in [6.07, 6.45) is 0.00194. The van der Waals surface area contributed by atoms with Gasteiger partial charge in [0.15, 0.2) is 0 Å². The maximum absolute atomic E-state index is 10.4. The Bertz CT molecular complexity index is 328. The van der Waals surface area contributed by atoms with Crippen LogP contribution in [0.15, 0.2) is 22.7 Å². The molecule has 0 aliphatic carbocycles. The number of hydrogen-bond acceptors (Lipinski definition) is 3. The van der Waals surface area contributed by atoms with Gasteiger partial charge in [-0.15, -0.1) is 0 Å². The second kappa shape index (κ2) is 4.25. The van der Waals surface area contributed by atoms with Crippen LogP contribution in [0.5, 0.6) is 0 Å². The first-order valence-corrected chi connectivity index (χ1v) is 4.39. The first-order valence-electron chi connectivity index (χ1n) is 3.60. The highest BCUT2D eigenvalue weighted by atomic mass is 79.9. The highest BCUT2D eigenvalue weighted by Crippen LogP contribution is 2.22. The van der Waals surface area contributed by atoms with Crippen LogP contribution in [0.3, 0.4) is 0 Å². The van der Waals surface area contributed by atoms with E-state index in [-0.39, 0.29) is 6.42 Å². The van der Waals surface area contributed by atoms with Crippen LogP contribution in [0.4, 0.5) is 5.69 Å². The normalized spacial score (nSPS) is 9.69. The van der Waals surface area contributed by atoms with Crippen LogP contribution < -0.4 is 11.3 Å². The van der Waals surface area contributed by atoms with Gasteiger partial charge < -0.3 is 10.5 Å². The number of carbonyl (C=O) groups is 1. The second-order valence-electron chi connectivity index (χ2n) is 2.53. The van der Waals surface area contributed by atoms with Gasteiger partial charge in [-0.2, -0.15) is 0 Å². The number of nitrogens with one attached hydrogen (secondary N) is 1. The first-order chi connectivity index (χ1) is 6.13. The van der Waals surface area contributed by atoms with Crippen LogP contribution in [0, 0.1) is 0 Å². The van der Waals surface area contributed by atoms with E-state index in [0.717, 1.165) is 4.47 Å². The minimum absolute atomic E-state index is 0.00194. The minimum atomic E-state index is -0.856. The second-order valence-corrected chi connectivity index (χ2v) is 3.38. The number of hydrazine groups is 1. The van der Waals surface area contributed by atoms with E-state index in [2.05, 4.69) is 21.4 Å². The molecule has 0 aliphatic rings. The topological polar surface area (TPSA) is 75.3 Å². The molecule has 0 atom stereocenters. The van der Waals surface area contributed by atoms with Gasteiger partial charge in [0.25, 0.3) is 0 Å². The lowest BCUT2D eigenvalue weighted by Gasteiger charge is -2.04. The predicted octanol–water partition coefficient (Wildman–Crippen LogP) is 1.36. The fourth-order valence-corrected chi connectivity index (χ4v) is 1.33. The standard InChI is InChI=1S/C8H9BrN2O2/c9-6-2-1-5(4-8(12)13)3-7(6)11-10/h1-3,11H,4,10H2,(H,12,13). The number of nitrogen functional groups attached to an aromatic ring is 1. The number of carboxylic acid groups (broad SMARTS) is 1. The van der Waals surface area contributed by atoms with Crippen LogP contribution in [-0.2, 0) is 11.2 Å². The summed E-state index contributed by atoms with van der Waals surface area (Å²) in [6, 6.07) is 5.19. The summed E-state index contributed by atoms with van der Waals surface area (Å²) in [4.78, 5) is 10.4. The fraction of sp³-hybridized carbons (Fsp3) is 0.125. The molecule has 1 aromatic carbocycles. The van der Waals surface area contributed by atoms with Crippen molar-refractivity contribution in [2.24, 2.45) is 5.84 Å². The molecule has 0 aliphatic heterocycles. The maximum Gasteiger partial charge on any atom is 0.307 e. The van der Waals surface area contributed by atoms with E-state index in [0.29, 0.717) is 11.3 Å². The van der Waals surface area contributed by atoms with Gasteiger partial charge in [-0.25, -0.2) is 0 Å². The van der Waals surface area contributed by atoms with Gasteiger partial charge in [0.2, 0.25) is 0 Å². The Morgan fingerprint density at radius 2 is 2.31 bits per heavy atom. The van der Waals surface area contributed by atoms with Gasteiger partial charge in [0, 0.05) is 4.47 Å². The SMILES string of the molecule is NNc1cc(CC(=O)O)ccc1Br. The lowest BCUT2D eigenvalue weighted by Crippen LogP contribution is -2.08. The lowest BCUT2D eigenvalue weighted by molar-refractivity contribution is -0.136. The quantitative estimate of drug-likeness (QED) is 0.555. The van der Waals surface area contributed by atoms with Crippen molar-refractivity contribution in [1.82, 2.24) is 0 Å². The molecule has 0 heterocycles. The van der Waals surface area contributed by atoms with E-state index in [9.17, 15) is 4.79 Å². The van der Waals surface area contributed by atoms with Crippen molar-refractivity contribution < 1.29 is 9.90 Å². The average molecular weight is 245 g/mol. The van der Waals surface area contributed by atoms with Crippen molar-refractivity contribution in [3.63, 3.8) is 0 Å². The van der Waals surface area contributed by atoms with E-state index in [1.54, 1.807) is 18.2 Å². The molecule has 0 saturated carbocycles. The lowest BCUT2D eigenvalue weighted by atomic mass is 10.1. The minimum Gasteiger partial charge on any atom is -0.481 e. The number of benzene rings is 1. The molecule has 0 spiro atoms. The summed E-state index contributed by atoms with van der Waals surface area (Å²) in [6.45, 7) is 0. The van der Waals surface area contributed by atoms with Crippen molar-refractivity contribution >= 4 is 27.6 Å². The average Bonchev–Trinajstić information content (AvgIpc) is 2.07. The van der Waals surface area contributed by atoms with Crippen molar-refractivity contribution in [1.29, 1.82) is 0 Å². The van der Waals surface area contributed by atoms with E-state index in [4.69, 9.17) is 10.9 Å². The van der Waals surface area contributed by atoms with Crippen LogP contribution in [0.1, 0.15) is 5.56 Å². The molecule has 4 N–H and O–H groups in total. The molecule has 4 nitrogen and oxygen atoms in total. The number of hydrogen-bond donors (Lipinski definition) is 3. The number of rotatable bonds is 3. The van der Waals surface area contributed by atoms with Crippen molar-refractivity contribution in [3.05, 3.63) is 28.2 Å². The monoisotopic (exact) mass is 244 g/mol. The Hall–Kier alpha value is -1.07. The number of halogens is 1. The predicted molar refractivity (Wildman–Crippen MR) is 53.3 cm³/mol. The third-order valence-electron chi connectivity index (χ3n) is 1.54. The first kappa shape index (κ1) is 10.0. The molecule has 70 valence electrons. The third-order valence-corrected chi connectivity index (χ3v) is 2.23. The highest BCUT2D eigenvalue weighted by molar-refractivity contribution is 9.10. The molecular formula is C8H9BrN2O2. The molecule has 0 bridgehead atoms. The smallest absolute Gasteiger partial charge is 0.307 e. The molecule has 13 heavy (non-hydrogen) atoms. The van der Waals surface area contributed by atoms with Crippen molar-refractivity contribution in [3.8, 4) is 0 Å². The zero-order valence-corrected chi connectivity index (χ0v) is 8.34. The van der Waals surface area contributed by atoms with E-state index >= 15 is 0 Å². The third kappa shape index (κ3) is 2.71. The summed E-state index contributed by atoms with van der Waals surface area (Å²) in [7, 11) is 0. The molecule has 0 radical (unpaired) electrons. The Morgan fingerprint density at radius 3 is 2.85 bits per heavy atom. The van der Waals surface area contributed by atoms with Gasteiger partial charge in [0.1, 0.15) is 0 Å². The summed E-state index contributed by atoms with van der Waals surface area (Å²) < 4.78 is 0.809. The number of carboxylic acids is 1. The Morgan fingerprint density at radius 1 is 1.62 bits per heavy atom. The molecule has 0 fully saturated rings. The highest BCUT2D eigenvalue weighted by Gasteiger charge is 2.03. The summed E-state index contributed by atoms with van der Waals surface area (Å²) >= 11 is 3.27. The molecule has 0 amide bonds. The Balaban J connectivity index is 2.92. The largest absolute Gasteiger partial charge is 0.481 e. The number of anilines is 1. The van der Waals surface area contributed by atoms with Gasteiger partial charge in [-0.1, -0.05) is 6.07 Å². The molecule has 5 heteroatoms. The molecular weight excluding hydrogens is 236 g/mol. The molecule has 1 aromatic rings. The van der Waals surface area contributed by atoms with Gasteiger partial charge in [-0.3, -0.25) is 10.6 Å². The van der Waals surface area contributed by atoms with Gasteiger partial charge >= 0.3 is 5.97 Å². The van der Waals surface area contributed by atoms with Crippen LogP contribution in [0.2, 0.25) is 0 Å². The fourth-order valence-electron chi connectivity index (χ4n) is 0.968. The van der Waals surface area contributed by atoms with Crippen molar-refractivity contribution in [2.75, 3.05) is 5.43 Å². The summed E-state index contributed by atoms with van der Waals surface area (Å²) in [5.41, 5.74) is 3.86. The van der Waals surface area contributed by atoms with Gasteiger partial charge in [0.05, 0.1) is 12.1 Å². The van der Waals surface area contributed by atoms with E-state index in [1.807, 2.05) is 0 Å². The van der Waals surface area contributed by atoms with E-state index in [1.165, 1.54) is 0 Å². The van der Waals surface area contributed by atoms with Crippen LogP contribution >= 0.6 is 15.9 Å². The molecule has 0 saturated heterocycles. The van der Waals surface area contributed by atoms with Crippen molar-refractivity contribution in [2.45, 2.75) is 6.42 Å². The van der Waals surface area contributed by atoms with Gasteiger partial charge in [-0.05, 0) is 33.6 Å². The number of nitrogens with two attached hydrogens (primary N) is 1. The zero-order valence-electron chi connectivity index (χ0n) is 6.75. The van der Waals surface area contributed by atoms with Crippen LogP contribution in [-0.4, -0.2) is 11.1 Å². The maximum atomic E-state index is 10.4.